The molecule has 1 aliphatic carbocycles. The molecule has 1 aromatic heterocycles. The fraction of sp³-hybridized carbons (Fsp3) is 0.353. The molecule has 1 aliphatic rings. The molecule has 1 amide bonds. The molecule has 1 unspecified atom stereocenters. The second kappa shape index (κ2) is 6.41. The number of carbonyl (C=O) groups excluding carboxylic acids is 1. The number of hydrogen-bond donors (Lipinski definition) is 2. The molecule has 21 heavy (non-hydrogen) atoms. The lowest BCUT2D eigenvalue weighted by atomic mass is 9.94. The maximum absolute atomic E-state index is 12.0. The van der Waals surface area contributed by atoms with E-state index in [4.69, 9.17) is 0 Å². The standard InChI is InChI=1S/C17H20N2OS/c1-12-4-2-5-13(10-12)19-17(20)11-18-15-6-3-7-16-14(15)8-9-21-16/h2,4-5,8-10,15,18H,3,6-7,11H2,1H3,(H,19,20). The lowest BCUT2D eigenvalue weighted by Gasteiger charge is -2.23. The molecule has 0 radical (unpaired) electrons. The Bertz CT molecular complexity index is 635. The molecule has 0 bridgehead atoms. The maximum atomic E-state index is 12.0. The zero-order valence-electron chi connectivity index (χ0n) is 12.2. The van der Waals surface area contributed by atoms with E-state index in [0.29, 0.717) is 12.6 Å². The van der Waals surface area contributed by atoms with Gasteiger partial charge in [0.2, 0.25) is 5.91 Å². The highest BCUT2D eigenvalue weighted by molar-refractivity contribution is 7.10. The molecule has 0 spiro atoms. The highest BCUT2D eigenvalue weighted by Crippen LogP contribution is 2.33. The number of nitrogens with one attached hydrogen (secondary N) is 2. The summed E-state index contributed by atoms with van der Waals surface area (Å²) in [5, 5.41) is 8.48. The van der Waals surface area contributed by atoms with Crippen LogP contribution in [0.3, 0.4) is 0 Å². The summed E-state index contributed by atoms with van der Waals surface area (Å²) in [6.07, 6.45) is 3.49. The molecule has 1 heterocycles. The zero-order valence-corrected chi connectivity index (χ0v) is 13.0. The Labute approximate surface area is 129 Å². The van der Waals surface area contributed by atoms with E-state index in [1.165, 1.54) is 23.3 Å². The molecule has 2 aromatic rings. The van der Waals surface area contributed by atoms with Crippen LogP contribution in [0.2, 0.25) is 0 Å². The van der Waals surface area contributed by atoms with Gasteiger partial charge in [-0.1, -0.05) is 12.1 Å². The monoisotopic (exact) mass is 300 g/mol. The van der Waals surface area contributed by atoms with Crippen LogP contribution in [0.4, 0.5) is 5.69 Å². The minimum absolute atomic E-state index is 0.0166. The van der Waals surface area contributed by atoms with Crippen LogP contribution in [0.15, 0.2) is 35.7 Å². The first kappa shape index (κ1) is 14.3. The van der Waals surface area contributed by atoms with E-state index >= 15 is 0 Å². The van der Waals surface area contributed by atoms with Crippen LogP contribution in [0.1, 0.15) is 34.9 Å². The van der Waals surface area contributed by atoms with Gasteiger partial charge < -0.3 is 10.6 Å². The van der Waals surface area contributed by atoms with Gasteiger partial charge in [0.15, 0.2) is 0 Å². The van der Waals surface area contributed by atoms with Crippen molar-refractivity contribution in [3.8, 4) is 0 Å². The Kier molecular flexibility index (Phi) is 4.36. The van der Waals surface area contributed by atoms with Crippen LogP contribution in [-0.4, -0.2) is 12.5 Å². The summed E-state index contributed by atoms with van der Waals surface area (Å²) in [4.78, 5) is 13.5. The van der Waals surface area contributed by atoms with Gasteiger partial charge in [0.1, 0.15) is 0 Å². The summed E-state index contributed by atoms with van der Waals surface area (Å²) < 4.78 is 0. The molecule has 0 fully saturated rings. The molecule has 0 saturated carbocycles. The first-order chi connectivity index (χ1) is 10.2. The topological polar surface area (TPSA) is 41.1 Å². The number of hydrogen-bond acceptors (Lipinski definition) is 3. The third kappa shape index (κ3) is 3.52. The smallest absolute Gasteiger partial charge is 0.238 e. The summed E-state index contributed by atoms with van der Waals surface area (Å²) >= 11 is 1.83. The molecule has 1 atom stereocenters. The predicted molar refractivity (Wildman–Crippen MR) is 87.8 cm³/mol. The van der Waals surface area contributed by atoms with Crippen LogP contribution in [0.5, 0.6) is 0 Å². The third-order valence-electron chi connectivity index (χ3n) is 3.86. The largest absolute Gasteiger partial charge is 0.325 e. The lowest BCUT2D eigenvalue weighted by molar-refractivity contribution is -0.115. The van der Waals surface area contributed by atoms with Gasteiger partial charge in [-0.15, -0.1) is 11.3 Å². The van der Waals surface area contributed by atoms with Crippen molar-refractivity contribution in [2.24, 2.45) is 0 Å². The van der Waals surface area contributed by atoms with E-state index in [1.807, 2.05) is 42.5 Å². The second-order valence-corrected chi connectivity index (χ2v) is 6.54. The molecule has 110 valence electrons. The van der Waals surface area contributed by atoms with Gasteiger partial charge in [0.25, 0.3) is 0 Å². The molecule has 3 nitrogen and oxygen atoms in total. The van der Waals surface area contributed by atoms with Crippen molar-refractivity contribution < 1.29 is 4.79 Å². The summed E-state index contributed by atoms with van der Waals surface area (Å²) in [5.41, 5.74) is 3.40. The highest BCUT2D eigenvalue weighted by Gasteiger charge is 2.21. The van der Waals surface area contributed by atoms with Gasteiger partial charge in [0.05, 0.1) is 6.54 Å². The zero-order chi connectivity index (χ0) is 14.7. The molecular formula is C17H20N2OS. The van der Waals surface area contributed by atoms with Crippen molar-refractivity contribution in [1.29, 1.82) is 0 Å². The van der Waals surface area contributed by atoms with Crippen molar-refractivity contribution in [2.45, 2.75) is 32.2 Å². The van der Waals surface area contributed by atoms with Crippen LogP contribution < -0.4 is 10.6 Å². The molecule has 4 heteroatoms. The Balaban J connectivity index is 1.55. The fourth-order valence-corrected chi connectivity index (χ4v) is 3.83. The number of thiophene rings is 1. The Morgan fingerprint density at radius 2 is 2.29 bits per heavy atom. The van der Waals surface area contributed by atoms with Gasteiger partial charge in [-0.3, -0.25) is 4.79 Å². The highest BCUT2D eigenvalue weighted by atomic mass is 32.1. The van der Waals surface area contributed by atoms with E-state index in [2.05, 4.69) is 22.1 Å². The quantitative estimate of drug-likeness (QED) is 0.904. The third-order valence-corrected chi connectivity index (χ3v) is 4.86. The van der Waals surface area contributed by atoms with E-state index in [-0.39, 0.29) is 5.91 Å². The number of amides is 1. The summed E-state index contributed by atoms with van der Waals surface area (Å²) in [6, 6.07) is 10.4. The minimum atomic E-state index is 0.0166. The fourth-order valence-electron chi connectivity index (χ4n) is 2.84. The number of fused-ring (bicyclic) bond motifs is 1. The number of aryl methyl sites for hydroxylation is 2. The first-order valence-corrected chi connectivity index (χ1v) is 8.26. The molecule has 1 aromatic carbocycles. The van der Waals surface area contributed by atoms with Gasteiger partial charge >= 0.3 is 0 Å². The van der Waals surface area contributed by atoms with Gasteiger partial charge in [-0.2, -0.15) is 0 Å². The Morgan fingerprint density at radius 3 is 3.14 bits per heavy atom. The van der Waals surface area contributed by atoms with Crippen molar-refractivity contribution >= 4 is 22.9 Å². The van der Waals surface area contributed by atoms with Crippen molar-refractivity contribution in [1.82, 2.24) is 5.32 Å². The molecule has 3 rings (SSSR count). The van der Waals surface area contributed by atoms with E-state index in [0.717, 1.165) is 17.7 Å². The average molecular weight is 300 g/mol. The number of benzene rings is 1. The van der Waals surface area contributed by atoms with Gasteiger partial charge in [-0.25, -0.2) is 0 Å². The van der Waals surface area contributed by atoms with Crippen LogP contribution in [0.25, 0.3) is 0 Å². The summed E-state index contributed by atoms with van der Waals surface area (Å²) in [6.45, 7) is 2.38. The van der Waals surface area contributed by atoms with Crippen molar-refractivity contribution in [2.75, 3.05) is 11.9 Å². The SMILES string of the molecule is Cc1cccc(NC(=O)CNC2CCCc3sccc32)c1. The van der Waals surface area contributed by atoms with Crippen molar-refractivity contribution in [3.63, 3.8) is 0 Å². The number of anilines is 1. The molecule has 0 aliphatic heterocycles. The average Bonchev–Trinajstić information content (AvgIpc) is 2.94. The van der Waals surface area contributed by atoms with E-state index in [1.54, 1.807) is 0 Å². The second-order valence-electron chi connectivity index (χ2n) is 5.54. The minimum Gasteiger partial charge on any atom is -0.325 e. The predicted octanol–water partition coefficient (Wildman–Crippen LogP) is 3.66. The number of carbonyl (C=O) groups is 1. The molecule has 0 saturated heterocycles. The van der Waals surface area contributed by atoms with Crippen LogP contribution in [-0.2, 0) is 11.2 Å². The maximum Gasteiger partial charge on any atom is 0.238 e. The number of rotatable bonds is 4. The molecule has 2 N–H and O–H groups in total. The molecular weight excluding hydrogens is 280 g/mol. The van der Waals surface area contributed by atoms with Crippen molar-refractivity contribution in [3.05, 3.63) is 51.7 Å². The Morgan fingerprint density at radius 1 is 1.38 bits per heavy atom. The Hall–Kier alpha value is -1.65. The van der Waals surface area contributed by atoms with E-state index < -0.39 is 0 Å². The van der Waals surface area contributed by atoms with Crippen LogP contribution in [0, 0.1) is 6.92 Å². The lowest BCUT2D eigenvalue weighted by Crippen LogP contribution is -2.32. The van der Waals surface area contributed by atoms with Gasteiger partial charge in [0, 0.05) is 16.6 Å². The van der Waals surface area contributed by atoms with E-state index in [9.17, 15) is 4.79 Å². The van der Waals surface area contributed by atoms with Crippen LogP contribution >= 0.6 is 11.3 Å². The first-order valence-electron chi connectivity index (χ1n) is 7.38. The summed E-state index contributed by atoms with van der Waals surface area (Å²) in [5.74, 6) is 0.0166. The summed E-state index contributed by atoms with van der Waals surface area (Å²) in [7, 11) is 0. The van der Waals surface area contributed by atoms with Gasteiger partial charge in [-0.05, 0) is 60.9 Å². The normalized spacial score (nSPS) is 17.3.